The lowest BCUT2D eigenvalue weighted by molar-refractivity contribution is -0.140. The molecule has 0 bridgehead atoms. The normalized spacial score (nSPS) is 12.3. The molecule has 7 nitrogen and oxygen atoms in total. The Bertz CT molecular complexity index is 1060. The average molecular weight is 492 g/mol. The van der Waals surface area contributed by atoms with Crippen LogP contribution in [0.2, 0.25) is 0 Å². The van der Waals surface area contributed by atoms with Gasteiger partial charge in [-0.25, -0.2) is 12.8 Å². The third-order valence-electron chi connectivity index (χ3n) is 5.36. The zero-order valence-corrected chi connectivity index (χ0v) is 21.0. The van der Waals surface area contributed by atoms with Crippen molar-refractivity contribution in [2.24, 2.45) is 0 Å². The van der Waals surface area contributed by atoms with Gasteiger partial charge in [0.2, 0.25) is 21.8 Å². The second-order valence-electron chi connectivity index (χ2n) is 8.55. The molecule has 0 aromatic heterocycles. The molecule has 9 heteroatoms. The summed E-state index contributed by atoms with van der Waals surface area (Å²) in [5.74, 6) is -1.16. The number of anilines is 1. The molecule has 0 saturated heterocycles. The molecule has 0 saturated carbocycles. The smallest absolute Gasteiger partial charge is 0.242 e. The number of hydrogen-bond donors (Lipinski definition) is 1. The predicted octanol–water partition coefficient (Wildman–Crippen LogP) is 3.36. The van der Waals surface area contributed by atoms with Gasteiger partial charge in [0.05, 0.1) is 11.9 Å². The Kier molecular flexibility index (Phi) is 10.0. The highest BCUT2D eigenvalue weighted by Gasteiger charge is 2.27. The number of halogens is 1. The molecule has 186 valence electrons. The van der Waals surface area contributed by atoms with Crippen molar-refractivity contribution in [1.29, 1.82) is 0 Å². The van der Waals surface area contributed by atoms with Crippen LogP contribution in [0.1, 0.15) is 39.2 Å². The fourth-order valence-electron chi connectivity index (χ4n) is 3.61. The Morgan fingerprint density at radius 2 is 1.59 bits per heavy atom. The van der Waals surface area contributed by atoms with Gasteiger partial charge in [-0.3, -0.25) is 13.9 Å². The van der Waals surface area contributed by atoms with Gasteiger partial charge in [0.15, 0.2) is 0 Å². The molecule has 2 aromatic rings. The lowest BCUT2D eigenvalue weighted by atomic mass is 10.1. The first-order valence-electron chi connectivity index (χ1n) is 11.4. The number of hydrogen-bond acceptors (Lipinski definition) is 4. The first-order chi connectivity index (χ1) is 16.0. The average Bonchev–Trinajstić information content (AvgIpc) is 2.77. The molecule has 2 aromatic carbocycles. The van der Waals surface area contributed by atoms with Crippen LogP contribution in [-0.2, 0) is 26.0 Å². The van der Waals surface area contributed by atoms with Gasteiger partial charge in [-0.05, 0) is 51.3 Å². The lowest BCUT2D eigenvalue weighted by Crippen LogP contribution is -2.50. The summed E-state index contributed by atoms with van der Waals surface area (Å²) < 4.78 is 39.7. The van der Waals surface area contributed by atoms with E-state index in [-0.39, 0.29) is 42.9 Å². The fourth-order valence-corrected chi connectivity index (χ4v) is 4.58. The van der Waals surface area contributed by atoms with Gasteiger partial charge < -0.3 is 10.2 Å². The molecule has 0 heterocycles. The third-order valence-corrected chi connectivity index (χ3v) is 6.54. The molecular formula is C25H34FN3O4S. The molecule has 2 amide bonds. The molecule has 1 N–H and O–H groups in total. The number of rotatable bonds is 12. The van der Waals surface area contributed by atoms with Crippen molar-refractivity contribution in [1.82, 2.24) is 10.2 Å². The Hall–Kier alpha value is -2.94. The van der Waals surface area contributed by atoms with Crippen LogP contribution in [0.3, 0.4) is 0 Å². The molecule has 0 radical (unpaired) electrons. The van der Waals surface area contributed by atoms with Crippen LogP contribution >= 0.6 is 0 Å². The van der Waals surface area contributed by atoms with Gasteiger partial charge in [0.1, 0.15) is 11.9 Å². The number of nitrogens with zero attached hydrogens (tertiary/aromatic N) is 2. The van der Waals surface area contributed by atoms with Crippen LogP contribution in [0.15, 0.2) is 54.6 Å². The largest absolute Gasteiger partial charge is 0.352 e. The highest BCUT2D eigenvalue weighted by Crippen LogP contribution is 2.22. The van der Waals surface area contributed by atoms with Gasteiger partial charge >= 0.3 is 0 Å². The van der Waals surface area contributed by atoms with Crippen molar-refractivity contribution in [3.05, 3.63) is 66.0 Å². The van der Waals surface area contributed by atoms with E-state index in [9.17, 15) is 22.4 Å². The number of nitrogens with one attached hydrogen (secondary N) is 1. The monoisotopic (exact) mass is 491 g/mol. The molecule has 0 aliphatic carbocycles. The van der Waals surface area contributed by atoms with E-state index in [1.54, 1.807) is 13.0 Å². The van der Waals surface area contributed by atoms with Crippen molar-refractivity contribution in [2.75, 3.05) is 23.7 Å². The third kappa shape index (κ3) is 8.13. The van der Waals surface area contributed by atoms with Gasteiger partial charge in [-0.15, -0.1) is 0 Å². The van der Waals surface area contributed by atoms with E-state index in [1.807, 2.05) is 44.2 Å². The summed E-state index contributed by atoms with van der Waals surface area (Å²) in [4.78, 5) is 27.3. The van der Waals surface area contributed by atoms with Gasteiger partial charge in [-0.2, -0.15) is 0 Å². The Morgan fingerprint density at radius 1 is 0.971 bits per heavy atom. The van der Waals surface area contributed by atoms with E-state index >= 15 is 0 Å². The quantitative estimate of drug-likeness (QED) is 0.493. The van der Waals surface area contributed by atoms with Crippen LogP contribution < -0.4 is 9.62 Å². The topological polar surface area (TPSA) is 86.8 Å². The van der Waals surface area contributed by atoms with E-state index in [4.69, 9.17) is 0 Å². The molecule has 0 fully saturated rings. The molecule has 0 aliphatic heterocycles. The van der Waals surface area contributed by atoms with Crippen LogP contribution in [0.25, 0.3) is 0 Å². The second kappa shape index (κ2) is 12.5. The van der Waals surface area contributed by atoms with E-state index in [0.717, 1.165) is 16.1 Å². The molecule has 0 aliphatic rings. The molecule has 1 unspecified atom stereocenters. The van der Waals surface area contributed by atoms with Crippen molar-refractivity contribution < 1.29 is 22.4 Å². The zero-order chi connectivity index (χ0) is 25.3. The fraction of sp³-hybridized carbons (Fsp3) is 0.440. The summed E-state index contributed by atoms with van der Waals surface area (Å²) >= 11 is 0. The summed E-state index contributed by atoms with van der Waals surface area (Å²) in [6.07, 6.45) is 1.79. The highest BCUT2D eigenvalue weighted by atomic mass is 32.2. The predicted molar refractivity (Wildman–Crippen MR) is 132 cm³/mol. The summed E-state index contributed by atoms with van der Waals surface area (Å²) in [6, 6.07) is 14.5. The van der Waals surface area contributed by atoms with Crippen LogP contribution in [0.5, 0.6) is 0 Å². The van der Waals surface area contributed by atoms with E-state index in [0.29, 0.717) is 13.0 Å². The summed E-state index contributed by atoms with van der Waals surface area (Å²) in [7, 11) is -3.74. The second-order valence-corrected chi connectivity index (χ2v) is 10.5. The Balaban J connectivity index is 2.11. The molecule has 34 heavy (non-hydrogen) atoms. The maximum atomic E-state index is 14.2. The molecule has 0 spiro atoms. The molecule has 2 rings (SSSR count). The van der Waals surface area contributed by atoms with E-state index in [1.165, 1.54) is 23.1 Å². The van der Waals surface area contributed by atoms with Crippen LogP contribution in [0.4, 0.5) is 10.1 Å². The van der Waals surface area contributed by atoms with E-state index < -0.39 is 21.9 Å². The number of amides is 2. The van der Waals surface area contributed by atoms with Crippen molar-refractivity contribution in [2.45, 2.75) is 52.1 Å². The Morgan fingerprint density at radius 3 is 2.18 bits per heavy atom. The molecule has 1 atom stereocenters. The van der Waals surface area contributed by atoms with Crippen LogP contribution in [-0.4, -0.2) is 56.6 Å². The first-order valence-corrected chi connectivity index (χ1v) is 13.2. The summed E-state index contributed by atoms with van der Waals surface area (Å²) in [5.41, 5.74) is 0.989. The molecular weight excluding hydrogens is 457 g/mol. The summed E-state index contributed by atoms with van der Waals surface area (Å²) in [5, 5.41) is 2.84. The lowest BCUT2D eigenvalue weighted by Gasteiger charge is -2.30. The summed E-state index contributed by atoms with van der Waals surface area (Å²) in [6.45, 7) is 5.68. The minimum Gasteiger partial charge on any atom is -0.352 e. The standard InChI is InChI=1S/C25H34FN3O4S/c1-19(2)27-25(31)20(3)28(18-16-21-11-6-5-7-12-21)24(30)15-10-17-29(34(4,32)33)23-14-9-8-13-22(23)26/h5-9,11-14,19-20H,10,15-18H2,1-4H3,(H,27,31). The van der Waals surface area contributed by atoms with E-state index in [2.05, 4.69) is 5.32 Å². The van der Waals surface area contributed by atoms with Crippen molar-refractivity contribution >= 4 is 27.5 Å². The zero-order valence-electron chi connectivity index (χ0n) is 20.2. The van der Waals surface area contributed by atoms with Gasteiger partial charge in [-0.1, -0.05) is 42.5 Å². The number of carbonyl (C=O) groups excluding carboxylic acids is 2. The van der Waals surface area contributed by atoms with Crippen molar-refractivity contribution in [3.8, 4) is 0 Å². The van der Waals surface area contributed by atoms with Crippen LogP contribution in [0, 0.1) is 5.82 Å². The first kappa shape index (κ1) is 27.3. The minimum atomic E-state index is -3.74. The number of para-hydroxylation sites is 1. The van der Waals surface area contributed by atoms with Gasteiger partial charge in [0, 0.05) is 25.6 Å². The minimum absolute atomic E-state index is 0.0224. The highest BCUT2D eigenvalue weighted by molar-refractivity contribution is 7.92. The number of carbonyl (C=O) groups is 2. The SMILES string of the molecule is CC(C)NC(=O)C(C)N(CCc1ccccc1)C(=O)CCCN(c1ccccc1F)S(C)(=O)=O. The van der Waals surface area contributed by atoms with Gasteiger partial charge in [0.25, 0.3) is 0 Å². The number of benzene rings is 2. The van der Waals surface area contributed by atoms with Crippen molar-refractivity contribution in [3.63, 3.8) is 0 Å². The number of sulfonamides is 1. The maximum absolute atomic E-state index is 14.2. The maximum Gasteiger partial charge on any atom is 0.242 e. The Labute approximate surface area is 202 Å².